The van der Waals surface area contributed by atoms with E-state index in [0.717, 1.165) is 12.8 Å². The van der Waals surface area contributed by atoms with Crippen LogP contribution in [0, 0.1) is 28.6 Å². The monoisotopic (exact) mass is 190 g/mol. The molecule has 1 N–H and O–H groups in total. The Morgan fingerprint density at radius 1 is 1.14 bits per heavy atom. The van der Waals surface area contributed by atoms with E-state index in [2.05, 4.69) is 0 Å². The second kappa shape index (κ2) is 5.29. The minimum Gasteiger partial charge on any atom is -0.510 e. The summed E-state index contributed by atoms with van der Waals surface area (Å²) in [5.74, 6) is 0.433. The highest BCUT2D eigenvalue weighted by atomic mass is 16.3. The summed E-state index contributed by atoms with van der Waals surface area (Å²) in [4.78, 5) is 0. The van der Waals surface area contributed by atoms with Gasteiger partial charge in [-0.1, -0.05) is 32.1 Å². The second-order valence-corrected chi connectivity index (χ2v) is 3.75. The van der Waals surface area contributed by atoms with E-state index in [1.54, 1.807) is 12.1 Å². The average molecular weight is 190 g/mol. The van der Waals surface area contributed by atoms with Gasteiger partial charge in [-0.2, -0.15) is 10.5 Å². The van der Waals surface area contributed by atoms with E-state index in [-0.39, 0.29) is 11.3 Å². The van der Waals surface area contributed by atoms with Crippen LogP contribution in [0.4, 0.5) is 0 Å². The summed E-state index contributed by atoms with van der Waals surface area (Å²) in [7, 11) is 0. The van der Waals surface area contributed by atoms with E-state index >= 15 is 0 Å². The zero-order valence-electron chi connectivity index (χ0n) is 8.16. The van der Waals surface area contributed by atoms with Crippen molar-refractivity contribution < 1.29 is 5.11 Å². The highest BCUT2D eigenvalue weighted by Gasteiger charge is 2.16. The first-order valence-corrected chi connectivity index (χ1v) is 5.00. The molecule has 0 heterocycles. The fourth-order valence-electron chi connectivity index (χ4n) is 1.92. The molecular weight excluding hydrogens is 176 g/mol. The van der Waals surface area contributed by atoms with Crippen molar-refractivity contribution in [3.8, 4) is 12.1 Å². The Hall–Kier alpha value is -1.48. The van der Waals surface area contributed by atoms with Gasteiger partial charge in [0.1, 0.15) is 17.9 Å². The second-order valence-electron chi connectivity index (χ2n) is 3.75. The molecule has 0 aliphatic heterocycles. The normalized spacial score (nSPS) is 16.7. The molecule has 0 aromatic rings. The highest BCUT2D eigenvalue weighted by Crippen LogP contribution is 2.28. The van der Waals surface area contributed by atoms with E-state index in [0.29, 0.717) is 12.3 Å². The molecule has 0 aromatic carbocycles. The van der Waals surface area contributed by atoms with Crippen LogP contribution in [0.15, 0.2) is 11.3 Å². The molecule has 1 fully saturated rings. The number of hydrogen-bond donors (Lipinski definition) is 1. The first-order valence-electron chi connectivity index (χ1n) is 5.00. The molecule has 3 heteroatoms. The minimum atomic E-state index is -0.129. The van der Waals surface area contributed by atoms with Crippen molar-refractivity contribution in [2.45, 2.75) is 38.5 Å². The van der Waals surface area contributed by atoms with Gasteiger partial charge < -0.3 is 5.11 Å². The molecule has 0 amide bonds. The molecular formula is C11H14N2O. The zero-order valence-corrected chi connectivity index (χ0v) is 8.16. The lowest BCUT2D eigenvalue weighted by atomic mass is 9.86. The Bertz CT molecular complexity index is 284. The summed E-state index contributed by atoms with van der Waals surface area (Å²) in [6.45, 7) is 0. The van der Waals surface area contributed by atoms with Crippen molar-refractivity contribution >= 4 is 0 Å². The minimum absolute atomic E-state index is 0.0260. The number of rotatable bonds is 2. The smallest absolute Gasteiger partial charge is 0.166 e. The number of hydrogen-bond acceptors (Lipinski definition) is 3. The first kappa shape index (κ1) is 10.6. The number of aliphatic hydroxyl groups excluding tert-OH is 1. The van der Waals surface area contributed by atoms with Crippen LogP contribution in [0.2, 0.25) is 0 Å². The third-order valence-electron chi connectivity index (χ3n) is 2.72. The maximum absolute atomic E-state index is 9.50. The zero-order chi connectivity index (χ0) is 10.4. The molecule has 0 unspecified atom stereocenters. The fourth-order valence-corrected chi connectivity index (χ4v) is 1.92. The maximum atomic E-state index is 9.50. The largest absolute Gasteiger partial charge is 0.510 e. The van der Waals surface area contributed by atoms with Crippen molar-refractivity contribution in [3.05, 3.63) is 11.3 Å². The van der Waals surface area contributed by atoms with E-state index in [4.69, 9.17) is 10.5 Å². The summed E-state index contributed by atoms with van der Waals surface area (Å²) < 4.78 is 0. The lowest BCUT2D eigenvalue weighted by Crippen LogP contribution is -2.07. The molecule has 0 saturated heterocycles. The molecule has 0 bridgehead atoms. The lowest BCUT2D eigenvalue weighted by Gasteiger charge is -2.20. The van der Waals surface area contributed by atoms with Gasteiger partial charge in [0.25, 0.3) is 0 Å². The fraction of sp³-hybridized carbons (Fsp3) is 0.636. The number of allylic oxidation sites excluding steroid dienone is 2. The van der Waals surface area contributed by atoms with Gasteiger partial charge >= 0.3 is 0 Å². The van der Waals surface area contributed by atoms with E-state index in [1.807, 2.05) is 0 Å². The van der Waals surface area contributed by atoms with Gasteiger partial charge in [0.15, 0.2) is 5.57 Å². The average Bonchev–Trinajstić information content (AvgIpc) is 2.21. The van der Waals surface area contributed by atoms with Crippen molar-refractivity contribution in [1.82, 2.24) is 0 Å². The number of aliphatic hydroxyl groups is 1. The van der Waals surface area contributed by atoms with Crippen molar-refractivity contribution in [3.63, 3.8) is 0 Å². The summed E-state index contributed by atoms with van der Waals surface area (Å²) in [5.41, 5.74) is -0.129. The third kappa shape index (κ3) is 2.78. The molecule has 1 saturated carbocycles. The van der Waals surface area contributed by atoms with Crippen molar-refractivity contribution in [1.29, 1.82) is 10.5 Å². The van der Waals surface area contributed by atoms with Gasteiger partial charge in [-0.05, 0) is 5.92 Å². The van der Waals surface area contributed by atoms with Gasteiger partial charge in [0.05, 0.1) is 0 Å². The van der Waals surface area contributed by atoms with E-state index in [9.17, 15) is 5.11 Å². The van der Waals surface area contributed by atoms with Crippen LogP contribution < -0.4 is 0 Å². The summed E-state index contributed by atoms with van der Waals surface area (Å²) in [6, 6.07) is 3.42. The van der Waals surface area contributed by atoms with Crippen molar-refractivity contribution in [2.75, 3.05) is 0 Å². The summed E-state index contributed by atoms with van der Waals surface area (Å²) in [5, 5.41) is 26.6. The van der Waals surface area contributed by atoms with Gasteiger partial charge in [-0.25, -0.2) is 0 Å². The van der Waals surface area contributed by atoms with Crippen LogP contribution in [-0.2, 0) is 0 Å². The highest BCUT2D eigenvalue weighted by molar-refractivity contribution is 5.37. The van der Waals surface area contributed by atoms with Gasteiger partial charge in [0.2, 0.25) is 0 Å². The van der Waals surface area contributed by atoms with Crippen LogP contribution in [-0.4, -0.2) is 5.11 Å². The lowest BCUT2D eigenvalue weighted by molar-refractivity contribution is 0.295. The predicted octanol–water partition coefficient (Wildman–Crippen LogP) is 2.82. The topological polar surface area (TPSA) is 67.8 Å². The predicted molar refractivity (Wildman–Crippen MR) is 52.1 cm³/mol. The van der Waals surface area contributed by atoms with E-state index in [1.165, 1.54) is 19.3 Å². The third-order valence-corrected chi connectivity index (χ3v) is 2.72. The van der Waals surface area contributed by atoms with Crippen LogP contribution in [0.3, 0.4) is 0 Å². The first-order chi connectivity index (χ1) is 6.77. The van der Waals surface area contributed by atoms with Crippen LogP contribution in [0.5, 0.6) is 0 Å². The standard InChI is InChI=1S/C11H14N2O/c12-7-10(8-13)11(14)6-9-4-2-1-3-5-9/h9,14H,1-6H2. The Labute approximate surface area is 84.3 Å². The van der Waals surface area contributed by atoms with Gasteiger partial charge in [0, 0.05) is 6.42 Å². The molecule has 0 radical (unpaired) electrons. The molecule has 14 heavy (non-hydrogen) atoms. The van der Waals surface area contributed by atoms with Crippen LogP contribution in [0.25, 0.3) is 0 Å². The van der Waals surface area contributed by atoms with Crippen LogP contribution >= 0.6 is 0 Å². The molecule has 0 aromatic heterocycles. The SMILES string of the molecule is N#CC(C#N)=C(O)CC1CCCCC1. The molecule has 0 atom stereocenters. The van der Waals surface area contributed by atoms with Gasteiger partial charge in [-0.15, -0.1) is 0 Å². The van der Waals surface area contributed by atoms with Crippen molar-refractivity contribution in [2.24, 2.45) is 5.92 Å². The number of nitrogens with zero attached hydrogens (tertiary/aromatic N) is 2. The van der Waals surface area contributed by atoms with E-state index < -0.39 is 0 Å². The Morgan fingerprint density at radius 2 is 1.71 bits per heavy atom. The van der Waals surface area contributed by atoms with Gasteiger partial charge in [-0.3, -0.25) is 0 Å². The quantitative estimate of drug-likeness (QED) is 0.537. The van der Waals surface area contributed by atoms with Crippen LogP contribution in [0.1, 0.15) is 38.5 Å². The molecule has 1 rings (SSSR count). The Kier molecular flexibility index (Phi) is 4.01. The summed E-state index contributed by atoms with van der Waals surface area (Å²) in [6.07, 6.45) is 6.38. The number of nitriles is 2. The molecule has 3 nitrogen and oxygen atoms in total. The Balaban J connectivity index is 2.55. The molecule has 74 valence electrons. The Morgan fingerprint density at radius 3 is 2.21 bits per heavy atom. The molecule has 1 aliphatic rings. The maximum Gasteiger partial charge on any atom is 0.166 e. The summed E-state index contributed by atoms with van der Waals surface area (Å²) >= 11 is 0. The molecule has 1 aliphatic carbocycles. The molecule has 0 spiro atoms.